The van der Waals surface area contributed by atoms with Crippen LogP contribution in [0.1, 0.15) is 55.7 Å². The van der Waals surface area contributed by atoms with Crippen molar-refractivity contribution in [1.82, 2.24) is 0 Å². The number of fused-ring (bicyclic) bond motifs is 7. The largest absolute Gasteiger partial charge is 0.347 e. The molecular weight excluding hydrogens is 532 g/mol. The highest BCUT2D eigenvalue weighted by molar-refractivity contribution is 6.08. The zero-order valence-corrected chi connectivity index (χ0v) is 26.2. The minimum atomic E-state index is -0.145. The zero-order chi connectivity index (χ0) is 29.9. The van der Waals surface area contributed by atoms with Gasteiger partial charge in [0.1, 0.15) is 7.05 Å². The first-order chi connectivity index (χ1) is 21.5. The Hall–Kier alpha value is -4.43. The van der Waals surface area contributed by atoms with Gasteiger partial charge in [0, 0.05) is 35.2 Å². The lowest BCUT2D eigenvalue weighted by Crippen LogP contribution is -2.36. The molecule has 2 heteroatoms. The van der Waals surface area contributed by atoms with E-state index >= 15 is 0 Å². The molecule has 0 bridgehead atoms. The van der Waals surface area contributed by atoms with Gasteiger partial charge in [-0.25, -0.2) is 0 Å². The van der Waals surface area contributed by atoms with Crippen molar-refractivity contribution in [3.8, 4) is 0 Å². The van der Waals surface area contributed by atoms with E-state index in [1.165, 1.54) is 93.1 Å². The smallest absolute Gasteiger partial charge is 0.217 e. The second kappa shape index (κ2) is 10.3. The van der Waals surface area contributed by atoms with Gasteiger partial charge < -0.3 is 4.90 Å². The summed E-state index contributed by atoms with van der Waals surface area (Å²) >= 11 is 0. The molecule has 1 unspecified atom stereocenters. The van der Waals surface area contributed by atoms with Crippen molar-refractivity contribution in [2.45, 2.75) is 56.3 Å². The Balaban J connectivity index is 1.27. The predicted octanol–water partition coefficient (Wildman–Crippen LogP) is 10.0. The Bertz CT molecular complexity index is 2000. The summed E-state index contributed by atoms with van der Waals surface area (Å²) in [6.07, 6.45) is 14.5. The second-order valence-corrected chi connectivity index (χ2v) is 13.4. The molecular formula is C42H41N2+. The first-order valence-electron chi connectivity index (χ1n) is 16.3. The SMILES string of the molecule is CN1C(=CC=CC2=[N+](C)c3c(ccc4ccccc34)C23CCCCC3)C(C)(Cc2ccccc2)c2ccc3ccccc3c21. The Morgan fingerprint density at radius 3 is 2.11 bits per heavy atom. The van der Waals surface area contributed by atoms with Crippen molar-refractivity contribution in [1.29, 1.82) is 0 Å². The number of rotatable bonds is 4. The van der Waals surface area contributed by atoms with Gasteiger partial charge >= 0.3 is 0 Å². The molecule has 3 aliphatic rings. The summed E-state index contributed by atoms with van der Waals surface area (Å²) in [5.41, 5.74) is 9.81. The molecule has 44 heavy (non-hydrogen) atoms. The Labute approximate surface area is 261 Å². The Morgan fingerprint density at radius 1 is 0.727 bits per heavy atom. The Morgan fingerprint density at radius 2 is 1.36 bits per heavy atom. The average molecular weight is 574 g/mol. The standard InChI is InChI=1S/C42H41N2/c1-41(29-30-15-6-4-7-16-30)35-25-23-31-17-8-10-19-33(31)39(35)43(2)37(41)21-14-22-38-42(27-12-5-13-28-42)36-26-24-32-18-9-11-20-34(32)40(36)44(38)3/h4,6-11,14-26H,5,12-13,27-29H2,1-3H3/q+1. The summed E-state index contributed by atoms with van der Waals surface area (Å²) in [5, 5.41) is 5.31. The summed E-state index contributed by atoms with van der Waals surface area (Å²) in [6, 6.07) is 38.2. The molecule has 5 aromatic carbocycles. The molecule has 2 nitrogen and oxygen atoms in total. The van der Waals surface area contributed by atoms with E-state index in [4.69, 9.17) is 0 Å². The van der Waals surface area contributed by atoms with Gasteiger partial charge in [-0.2, -0.15) is 4.58 Å². The number of anilines is 1. The van der Waals surface area contributed by atoms with Crippen molar-refractivity contribution in [2.75, 3.05) is 19.0 Å². The maximum atomic E-state index is 2.52. The molecule has 1 fully saturated rings. The van der Waals surface area contributed by atoms with Crippen LogP contribution in [0.25, 0.3) is 21.5 Å². The first-order valence-corrected chi connectivity index (χ1v) is 16.3. The van der Waals surface area contributed by atoms with Gasteiger partial charge in [-0.05, 0) is 60.2 Å². The zero-order valence-electron chi connectivity index (χ0n) is 26.2. The van der Waals surface area contributed by atoms with Gasteiger partial charge in [-0.1, -0.05) is 122 Å². The fraction of sp³-hybridized carbons (Fsp3) is 0.262. The van der Waals surface area contributed by atoms with Crippen LogP contribution in [0.5, 0.6) is 0 Å². The molecule has 218 valence electrons. The second-order valence-electron chi connectivity index (χ2n) is 13.4. The number of likely N-dealkylation sites (N-methyl/N-ethyl adjacent to an activating group) is 1. The molecule has 0 amide bonds. The van der Waals surface area contributed by atoms with Crippen LogP contribution >= 0.6 is 0 Å². The highest BCUT2D eigenvalue weighted by Crippen LogP contribution is 2.53. The normalized spacial score (nSPS) is 21.7. The molecule has 8 rings (SSSR count). The first kappa shape index (κ1) is 27.1. The fourth-order valence-electron chi connectivity index (χ4n) is 8.94. The molecule has 0 aromatic heterocycles. The lowest BCUT2D eigenvalue weighted by atomic mass is 9.67. The third-order valence-corrected chi connectivity index (χ3v) is 11.0. The molecule has 1 aliphatic carbocycles. The minimum absolute atomic E-state index is 0.0927. The monoisotopic (exact) mass is 573 g/mol. The average Bonchev–Trinajstić information content (AvgIpc) is 3.41. The fourth-order valence-corrected chi connectivity index (χ4v) is 8.94. The number of allylic oxidation sites excluding steroid dienone is 4. The van der Waals surface area contributed by atoms with Gasteiger partial charge in [-0.3, -0.25) is 0 Å². The van der Waals surface area contributed by atoms with Crippen LogP contribution in [0, 0.1) is 0 Å². The lowest BCUT2D eigenvalue weighted by molar-refractivity contribution is -0.400. The van der Waals surface area contributed by atoms with E-state index in [1.54, 1.807) is 0 Å². The number of nitrogens with zero attached hydrogens (tertiary/aromatic N) is 2. The van der Waals surface area contributed by atoms with Crippen LogP contribution in [0.2, 0.25) is 0 Å². The molecule has 2 aliphatic heterocycles. The van der Waals surface area contributed by atoms with Crippen molar-refractivity contribution in [2.24, 2.45) is 0 Å². The van der Waals surface area contributed by atoms with Gasteiger partial charge in [0.05, 0.1) is 16.5 Å². The quantitative estimate of drug-likeness (QED) is 0.194. The van der Waals surface area contributed by atoms with E-state index in [0.29, 0.717) is 0 Å². The predicted molar refractivity (Wildman–Crippen MR) is 187 cm³/mol. The van der Waals surface area contributed by atoms with Crippen molar-refractivity contribution < 1.29 is 4.58 Å². The van der Waals surface area contributed by atoms with Crippen LogP contribution in [-0.2, 0) is 17.3 Å². The van der Waals surface area contributed by atoms with Crippen LogP contribution in [-0.4, -0.2) is 24.4 Å². The molecule has 0 saturated heterocycles. The van der Waals surface area contributed by atoms with Gasteiger partial charge in [-0.15, -0.1) is 0 Å². The van der Waals surface area contributed by atoms with Gasteiger partial charge in [0.2, 0.25) is 5.69 Å². The summed E-state index contributed by atoms with van der Waals surface area (Å²) in [4.78, 5) is 2.46. The summed E-state index contributed by atoms with van der Waals surface area (Å²) in [7, 11) is 4.56. The highest BCUT2D eigenvalue weighted by atomic mass is 15.2. The van der Waals surface area contributed by atoms with Crippen molar-refractivity contribution in [3.05, 3.63) is 144 Å². The van der Waals surface area contributed by atoms with Crippen molar-refractivity contribution >= 4 is 38.6 Å². The minimum Gasteiger partial charge on any atom is -0.347 e. The third kappa shape index (κ3) is 3.97. The van der Waals surface area contributed by atoms with Gasteiger partial charge in [0.15, 0.2) is 5.71 Å². The molecule has 2 heterocycles. The van der Waals surface area contributed by atoms with Crippen molar-refractivity contribution in [3.63, 3.8) is 0 Å². The van der Waals surface area contributed by atoms with E-state index in [2.05, 4.69) is 152 Å². The maximum Gasteiger partial charge on any atom is 0.217 e. The molecule has 0 radical (unpaired) electrons. The van der Waals surface area contributed by atoms with Crippen LogP contribution in [0.15, 0.2) is 127 Å². The van der Waals surface area contributed by atoms with E-state index in [0.717, 1.165) is 6.42 Å². The molecule has 1 spiro atoms. The van der Waals surface area contributed by atoms with Crippen LogP contribution in [0.4, 0.5) is 11.4 Å². The van der Waals surface area contributed by atoms with Gasteiger partial charge in [0.25, 0.3) is 0 Å². The summed E-state index contributed by atoms with van der Waals surface area (Å²) in [5.74, 6) is 0. The molecule has 5 aromatic rings. The summed E-state index contributed by atoms with van der Waals surface area (Å²) < 4.78 is 2.52. The molecule has 1 saturated carbocycles. The van der Waals surface area contributed by atoms with E-state index < -0.39 is 0 Å². The van der Waals surface area contributed by atoms with E-state index in [1.807, 2.05) is 0 Å². The van der Waals surface area contributed by atoms with E-state index in [-0.39, 0.29) is 10.8 Å². The maximum absolute atomic E-state index is 2.52. The number of benzene rings is 5. The van der Waals surface area contributed by atoms with Crippen LogP contribution in [0.3, 0.4) is 0 Å². The number of hydrogen-bond donors (Lipinski definition) is 0. The third-order valence-electron chi connectivity index (χ3n) is 11.0. The molecule has 1 atom stereocenters. The van der Waals surface area contributed by atoms with E-state index in [9.17, 15) is 0 Å². The topological polar surface area (TPSA) is 6.25 Å². The molecule has 0 N–H and O–H groups in total. The highest BCUT2D eigenvalue weighted by Gasteiger charge is 2.51. The Kier molecular flexibility index (Phi) is 6.38. The number of hydrogen-bond acceptors (Lipinski definition) is 1. The van der Waals surface area contributed by atoms with Crippen LogP contribution < -0.4 is 4.90 Å². The summed E-state index contributed by atoms with van der Waals surface area (Å²) in [6.45, 7) is 2.44. The lowest BCUT2D eigenvalue weighted by Gasteiger charge is -2.31.